The van der Waals surface area contributed by atoms with Gasteiger partial charge in [0.15, 0.2) is 0 Å². The van der Waals surface area contributed by atoms with Crippen molar-refractivity contribution in [3.8, 4) is 11.3 Å². The molecule has 150 valence electrons. The number of piperidine rings is 1. The number of aromatic nitrogens is 3. The number of H-pyrrole nitrogens is 1. The Balaban J connectivity index is 1.46. The largest absolute Gasteiger partial charge is 0.355 e. The number of likely N-dealkylation sites (tertiary alicyclic amines) is 1. The zero-order valence-electron chi connectivity index (χ0n) is 15.8. The molecule has 28 heavy (non-hydrogen) atoms. The quantitative estimate of drug-likeness (QED) is 0.390. The Morgan fingerprint density at radius 3 is 2.79 bits per heavy atom. The molecule has 9 heteroatoms. The number of aromatic amines is 1. The number of rotatable bonds is 9. The second kappa shape index (κ2) is 10.4. The maximum Gasteiger partial charge on any atom is 0.355 e. The van der Waals surface area contributed by atoms with Gasteiger partial charge in [-0.05, 0) is 57.5 Å². The number of amides is 2. The first-order valence-corrected chi connectivity index (χ1v) is 9.63. The molecular formula is C19H26N6O3. The predicted octanol–water partition coefficient (Wildman–Crippen LogP) is 2.66. The molecule has 2 aromatic heterocycles. The highest BCUT2D eigenvalue weighted by Gasteiger charge is 2.16. The number of hydrogen-bond donors (Lipinski definition) is 2. The summed E-state index contributed by atoms with van der Waals surface area (Å²) in [6.45, 7) is 3.92. The molecule has 1 fully saturated rings. The number of hydroxylamine groups is 2. The van der Waals surface area contributed by atoms with Crippen LogP contribution >= 0.6 is 0 Å². The molecule has 3 heterocycles. The fourth-order valence-electron chi connectivity index (χ4n) is 3.24. The Kier molecular flexibility index (Phi) is 7.36. The minimum Gasteiger partial charge on any atom is -0.340 e. The lowest BCUT2D eigenvalue weighted by atomic mass is 10.1. The van der Waals surface area contributed by atoms with Crippen molar-refractivity contribution in [2.24, 2.45) is 0 Å². The third-order valence-corrected chi connectivity index (χ3v) is 4.74. The highest BCUT2D eigenvalue weighted by atomic mass is 16.7. The van der Waals surface area contributed by atoms with E-state index in [-0.39, 0.29) is 6.47 Å². The zero-order valence-corrected chi connectivity index (χ0v) is 15.8. The Bertz CT molecular complexity index is 729. The van der Waals surface area contributed by atoms with Gasteiger partial charge in [0.2, 0.25) is 0 Å². The van der Waals surface area contributed by atoms with Gasteiger partial charge in [-0.2, -0.15) is 10.2 Å². The molecule has 1 aliphatic rings. The molecule has 2 amide bonds. The molecule has 0 radical (unpaired) electrons. The Hall–Kier alpha value is -2.94. The van der Waals surface area contributed by atoms with E-state index in [1.165, 1.54) is 19.3 Å². The van der Waals surface area contributed by atoms with Crippen molar-refractivity contribution in [1.29, 1.82) is 0 Å². The molecule has 1 saturated heterocycles. The van der Waals surface area contributed by atoms with Gasteiger partial charge < -0.3 is 15.1 Å². The monoisotopic (exact) mass is 386 g/mol. The third kappa shape index (κ3) is 5.78. The van der Waals surface area contributed by atoms with Crippen LogP contribution in [0.4, 0.5) is 10.5 Å². The number of carbonyl (C=O) groups excluding carboxylic acids is 2. The molecule has 0 spiro atoms. The van der Waals surface area contributed by atoms with Gasteiger partial charge in [0, 0.05) is 11.8 Å². The zero-order chi connectivity index (χ0) is 19.6. The van der Waals surface area contributed by atoms with Crippen LogP contribution in [0.25, 0.3) is 11.3 Å². The fourth-order valence-corrected chi connectivity index (χ4v) is 3.24. The van der Waals surface area contributed by atoms with Crippen LogP contribution in [0, 0.1) is 0 Å². The van der Waals surface area contributed by atoms with Gasteiger partial charge in [-0.1, -0.05) is 6.42 Å². The minimum atomic E-state index is -0.497. The molecule has 0 bridgehead atoms. The smallest absolute Gasteiger partial charge is 0.340 e. The first-order chi connectivity index (χ1) is 13.8. The van der Waals surface area contributed by atoms with Crippen LogP contribution in [0.1, 0.15) is 32.1 Å². The predicted molar refractivity (Wildman–Crippen MR) is 104 cm³/mol. The number of nitrogens with one attached hydrogen (secondary N) is 2. The number of hydrogen-bond acceptors (Lipinski definition) is 6. The van der Waals surface area contributed by atoms with E-state index >= 15 is 0 Å². The highest BCUT2D eigenvalue weighted by Crippen LogP contribution is 2.17. The standard InChI is InChI=1S/C19H26N6O3/c26-15-28-25(11-5-4-10-24-8-2-1-3-9-24)19(27)23-17-6-7-18(20-14-17)16-12-21-22-13-16/h6-7,12-15H,1-5,8-11H2,(H,21,22)(H,23,27). The molecule has 0 aliphatic carbocycles. The summed E-state index contributed by atoms with van der Waals surface area (Å²) in [6, 6.07) is 3.02. The van der Waals surface area contributed by atoms with Crippen LogP contribution in [-0.2, 0) is 9.63 Å². The maximum atomic E-state index is 12.4. The van der Waals surface area contributed by atoms with Gasteiger partial charge in [0.05, 0.1) is 30.3 Å². The molecule has 2 aromatic rings. The van der Waals surface area contributed by atoms with Gasteiger partial charge >= 0.3 is 12.5 Å². The lowest BCUT2D eigenvalue weighted by Crippen LogP contribution is -2.36. The maximum absolute atomic E-state index is 12.4. The van der Waals surface area contributed by atoms with Crippen molar-refractivity contribution in [2.75, 3.05) is 31.5 Å². The van der Waals surface area contributed by atoms with E-state index in [9.17, 15) is 9.59 Å². The number of carbonyl (C=O) groups is 2. The van der Waals surface area contributed by atoms with Crippen LogP contribution in [0.2, 0.25) is 0 Å². The van der Waals surface area contributed by atoms with Crippen LogP contribution in [-0.4, -0.2) is 63.8 Å². The van der Waals surface area contributed by atoms with Crippen molar-refractivity contribution >= 4 is 18.2 Å². The molecule has 0 aromatic carbocycles. The summed E-state index contributed by atoms with van der Waals surface area (Å²) < 4.78 is 0. The van der Waals surface area contributed by atoms with Gasteiger partial charge in [0.1, 0.15) is 0 Å². The Morgan fingerprint density at radius 2 is 2.11 bits per heavy atom. The third-order valence-electron chi connectivity index (χ3n) is 4.74. The van der Waals surface area contributed by atoms with E-state index in [4.69, 9.17) is 4.84 Å². The van der Waals surface area contributed by atoms with Crippen LogP contribution in [0.3, 0.4) is 0 Å². The molecular weight excluding hydrogens is 360 g/mol. The first kappa shape index (κ1) is 19.8. The molecule has 2 N–H and O–H groups in total. The summed E-state index contributed by atoms with van der Waals surface area (Å²) in [6.07, 6.45) is 10.5. The molecule has 3 rings (SSSR count). The number of unbranched alkanes of at least 4 members (excludes halogenated alkanes) is 1. The number of nitrogens with zero attached hydrogens (tertiary/aromatic N) is 4. The second-order valence-corrected chi connectivity index (χ2v) is 6.76. The number of urea groups is 1. The summed E-state index contributed by atoms with van der Waals surface area (Å²) in [5.41, 5.74) is 2.12. The molecule has 1 aliphatic heterocycles. The second-order valence-electron chi connectivity index (χ2n) is 6.76. The fraction of sp³-hybridized carbons (Fsp3) is 0.474. The lowest BCUT2D eigenvalue weighted by molar-refractivity contribution is -0.159. The van der Waals surface area contributed by atoms with Gasteiger partial charge in [-0.25, -0.2) is 4.79 Å². The highest BCUT2D eigenvalue weighted by molar-refractivity contribution is 5.88. The van der Waals surface area contributed by atoms with Gasteiger partial charge in [-0.15, -0.1) is 0 Å². The van der Waals surface area contributed by atoms with E-state index in [2.05, 4.69) is 25.4 Å². The van der Waals surface area contributed by atoms with E-state index in [1.54, 1.807) is 30.7 Å². The first-order valence-electron chi connectivity index (χ1n) is 9.63. The molecule has 0 unspecified atom stereocenters. The van der Waals surface area contributed by atoms with Crippen molar-refractivity contribution in [2.45, 2.75) is 32.1 Å². The van der Waals surface area contributed by atoms with Gasteiger partial charge in [0.25, 0.3) is 0 Å². The Labute approximate surface area is 164 Å². The number of pyridine rings is 1. The Morgan fingerprint density at radius 1 is 1.25 bits per heavy atom. The van der Waals surface area contributed by atoms with E-state index in [0.717, 1.165) is 48.8 Å². The van der Waals surface area contributed by atoms with Crippen molar-refractivity contribution < 1.29 is 14.4 Å². The number of anilines is 1. The molecule has 0 atom stereocenters. The SMILES string of the molecule is O=CON(CCCCN1CCCCC1)C(=O)Nc1ccc(-c2cn[nH]c2)nc1. The van der Waals surface area contributed by atoms with E-state index < -0.39 is 6.03 Å². The van der Waals surface area contributed by atoms with Gasteiger partial charge in [-0.3, -0.25) is 14.9 Å². The lowest BCUT2D eigenvalue weighted by Gasteiger charge is -2.26. The van der Waals surface area contributed by atoms with Crippen molar-refractivity contribution in [3.63, 3.8) is 0 Å². The van der Waals surface area contributed by atoms with E-state index in [1.807, 2.05) is 0 Å². The van der Waals surface area contributed by atoms with Crippen molar-refractivity contribution in [3.05, 3.63) is 30.7 Å². The van der Waals surface area contributed by atoms with Crippen LogP contribution in [0.15, 0.2) is 30.7 Å². The molecule has 0 saturated carbocycles. The minimum absolute atomic E-state index is 0.268. The summed E-state index contributed by atoms with van der Waals surface area (Å²) in [5.74, 6) is 0. The summed E-state index contributed by atoms with van der Waals surface area (Å²) >= 11 is 0. The normalized spacial score (nSPS) is 14.4. The molecule has 9 nitrogen and oxygen atoms in total. The van der Waals surface area contributed by atoms with E-state index in [0.29, 0.717) is 12.2 Å². The summed E-state index contributed by atoms with van der Waals surface area (Å²) in [5, 5.41) is 10.4. The van der Waals surface area contributed by atoms with Crippen LogP contribution < -0.4 is 5.32 Å². The van der Waals surface area contributed by atoms with Crippen LogP contribution in [0.5, 0.6) is 0 Å². The topological polar surface area (TPSA) is 103 Å². The van der Waals surface area contributed by atoms with Crippen molar-refractivity contribution in [1.82, 2.24) is 25.1 Å². The average Bonchev–Trinajstić information content (AvgIpc) is 3.26. The average molecular weight is 386 g/mol. The summed E-state index contributed by atoms with van der Waals surface area (Å²) in [4.78, 5) is 34.7. The summed E-state index contributed by atoms with van der Waals surface area (Å²) in [7, 11) is 0.